The third-order valence-corrected chi connectivity index (χ3v) is 14.5. The Morgan fingerprint density at radius 1 is 0.333 bits per heavy atom. The molecule has 0 atom stereocenters. The van der Waals surface area contributed by atoms with E-state index in [-0.39, 0.29) is 5.41 Å². The van der Waals surface area contributed by atoms with Crippen molar-refractivity contribution < 1.29 is 0 Å². The summed E-state index contributed by atoms with van der Waals surface area (Å²) in [7, 11) is 0. The van der Waals surface area contributed by atoms with E-state index in [0.29, 0.717) is 0 Å². The van der Waals surface area contributed by atoms with Crippen LogP contribution in [-0.2, 0) is 5.41 Å². The molecule has 0 saturated carbocycles. The van der Waals surface area contributed by atoms with Crippen LogP contribution in [0.3, 0.4) is 0 Å². The second-order valence-electron chi connectivity index (χ2n) is 17.2. The predicted octanol–water partition coefficient (Wildman–Crippen LogP) is 17.7. The lowest BCUT2D eigenvalue weighted by atomic mass is 9.77. The fourth-order valence-corrected chi connectivity index (χ4v) is 11.6. The lowest BCUT2D eigenvalue weighted by Gasteiger charge is -2.27. The minimum Gasteiger partial charge on any atom is -0.311 e. The first-order chi connectivity index (χ1) is 31.0. The van der Waals surface area contributed by atoms with Crippen molar-refractivity contribution >= 4 is 59.3 Å². The highest BCUT2D eigenvalue weighted by atomic mass is 32.1. The maximum absolute atomic E-state index is 2.40. The van der Waals surface area contributed by atoms with Crippen LogP contribution in [0.4, 0.5) is 17.1 Å². The molecule has 0 fully saturated rings. The van der Waals surface area contributed by atoms with E-state index in [1.54, 1.807) is 0 Å². The first kappa shape index (κ1) is 37.3. The summed E-state index contributed by atoms with van der Waals surface area (Å²) in [5.41, 5.74) is 18.5. The monoisotopic (exact) mass is 821 g/mol. The van der Waals surface area contributed by atoms with Gasteiger partial charge in [0.15, 0.2) is 0 Å². The van der Waals surface area contributed by atoms with Crippen molar-refractivity contribution in [3.63, 3.8) is 0 Å². The lowest BCUT2D eigenvalue weighted by molar-refractivity contribution is 0.666. The van der Waals surface area contributed by atoms with Gasteiger partial charge in [-0.15, -0.1) is 11.3 Å². The van der Waals surface area contributed by atoms with Gasteiger partial charge in [-0.1, -0.05) is 196 Å². The molecule has 11 aromatic rings. The highest BCUT2D eigenvalue weighted by Gasteiger charge is 2.40. The molecule has 298 valence electrons. The van der Waals surface area contributed by atoms with Crippen LogP contribution in [0.5, 0.6) is 0 Å². The molecule has 0 unspecified atom stereocenters. The van der Waals surface area contributed by atoms with Gasteiger partial charge >= 0.3 is 0 Å². The first-order valence-corrected chi connectivity index (χ1v) is 22.7. The maximum Gasteiger partial charge on any atom is 0.0462 e. The molecule has 1 aromatic heterocycles. The largest absolute Gasteiger partial charge is 0.311 e. The summed E-state index contributed by atoms with van der Waals surface area (Å²) in [6.45, 7) is 4.79. The van der Waals surface area contributed by atoms with Crippen LogP contribution in [-0.4, -0.2) is 0 Å². The van der Waals surface area contributed by atoms with Gasteiger partial charge in [-0.2, -0.15) is 0 Å². The standard InChI is InChI=1S/C61H43NS/c1-61(2)54-26-13-11-23-53(54)58-57(56(43-18-7-4-8-19-43)50-21-9-10-22-51(50)59(58)61)44-32-38-47(39-33-44)62(45-34-28-41(29-35-45)40-16-5-3-6-17-40)46-36-30-42(31-37-46)48-24-15-25-52-49-20-12-14-27-55(49)63-60(48)52/h3-39H,1-2H3. The first-order valence-electron chi connectivity index (χ1n) is 21.8. The normalized spacial score (nSPS) is 12.7. The van der Waals surface area contributed by atoms with Crippen molar-refractivity contribution in [2.75, 3.05) is 4.90 Å². The van der Waals surface area contributed by atoms with Crippen molar-refractivity contribution in [1.82, 2.24) is 0 Å². The summed E-state index contributed by atoms with van der Waals surface area (Å²) in [5.74, 6) is 0. The van der Waals surface area contributed by atoms with Crippen LogP contribution in [0.25, 0.3) is 86.6 Å². The quantitative estimate of drug-likeness (QED) is 0.155. The van der Waals surface area contributed by atoms with Crippen molar-refractivity contribution in [3.05, 3.63) is 236 Å². The zero-order valence-corrected chi connectivity index (χ0v) is 36.0. The van der Waals surface area contributed by atoms with E-state index in [2.05, 4.69) is 243 Å². The fourth-order valence-electron chi connectivity index (χ4n) is 10.4. The molecule has 10 aromatic carbocycles. The Morgan fingerprint density at radius 2 is 0.810 bits per heavy atom. The number of rotatable bonds is 7. The van der Waals surface area contributed by atoms with Gasteiger partial charge in [-0.3, -0.25) is 0 Å². The van der Waals surface area contributed by atoms with E-state index in [1.807, 2.05) is 11.3 Å². The highest BCUT2D eigenvalue weighted by molar-refractivity contribution is 7.26. The smallest absolute Gasteiger partial charge is 0.0462 e. The molecular weight excluding hydrogens is 779 g/mol. The van der Waals surface area contributed by atoms with E-state index >= 15 is 0 Å². The number of thiophene rings is 1. The van der Waals surface area contributed by atoms with Crippen molar-refractivity contribution in [2.45, 2.75) is 19.3 Å². The van der Waals surface area contributed by atoms with Gasteiger partial charge in [0.05, 0.1) is 0 Å². The predicted molar refractivity (Wildman–Crippen MR) is 271 cm³/mol. The van der Waals surface area contributed by atoms with Gasteiger partial charge in [-0.05, 0) is 120 Å². The average Bonchev–Trinajstić information content (AvgIpc) is 3.85. The van der Waals surface area contributed by atoms with E-state index in [9.17, 15) is 0 Å². The summed E-state index contributed by atoms with van der Waals surface area (Å²) in [5, 5.41) is 5.25. The molecule has 0 aliphatic heterocycles. The van der Waals surface area contributed by atoms with Crippen molar-refractivity contribution in [1.29, 1.82) is 0 Å². The lowest BCUT2D eigenvalue weighted by Crippen LogP contribution is -2.15. The number of hydrogen-bond donors (Lipinski definition) is 0. The minimum absolute atomic E-state index is 0.160. The topological polar surface area (TPSA) is 3.24 Å². The van der Waals surface area contributed by atoms with Crippen LogP contribution in [0.2, 0.25) is 0 Å². The van der Waals surface area contributed by atoms with Gasteiger partial charge in [-0.25, -0.2) is 0 Å². The Balaban J connectivity index is 1.02. The van der Waals surface area contributed by atoms with Crippen LogP contribution in [0.15, 0.2) is 224 Å². The van der Waals surface area contributed by atoms with E-state index in [1.165, 1.54) is 97.7 Å². The van der Waals surface area contributed by atoms with Crippen LogP contribution in [0.1, 0.15) is 25.0 Å². The zero-order chi connectivity index (χ0) is 42.1. The molecule has 0 spiro atoms. The van der Waals surface area contributed by atoms with Gasteiger partial charge in [0.25, 0.3) is 0 Å². The summed E-state index contributed by atoms with van der Waals surface area (Å²) in [6.07, 6.45) is 0. The molecule has 0 amide bonds. The number of nitrogens with zero attached hydrogens (tertiary/aromatic N) is 1. The molecule has 12 rings (SSSR count). The average molecular weight is 822 g/mol. The summed E-state index contributed by atoms with van der Waals surface area (Å²) in [4.78, 5) is 2.39. The second-order valence-corrected chi connectivity index (χ2v) is 18.3. The van der Waals surface area contributed by atoms with Gasteiger partial charge in [0, 0.05) is 42.6 Å². The molecule has 1 aliphatic carbocycles. The number of benzene rings is 10. The molecule has 0 bridgehead atoms. The Morgan fingerprint density at radius 3 is 1.49 bits per heavy atom. The molecule has 0 N–H and O–H groups in total. The van der Waals surface area contributed by atoms with Gasteiger partial charge in [0.2, 0.25) is 0 Å². The molecule has 1 aliphatic rings. The Kier molecular flexibility index (Phi) is 8.77. The molecule has 0 saturated heterocycles. The van der Waals surface area contributed by atoms with Gasteiger partial charge in [0.1, 0.15) is 0 Å². The third-order valence-electron chi connectivity index (χ3n) is 13.3. The Bertz CT molecular complexity index is 3490. The minimum atomic E-state index is -0.160. The molecule has 63 heavy (non-hydrogen) atoms. The number of fused-ring (bicyclic) bond motifs is 8. The SMILES string of the molecule is CC1(C)c2ccccc2-c2c(-c3ccc(N(c4ccc(-c5ccccc5)cc4)c4ccc(-c5cccc6c5sc5ccccc56)cc4)cc3)c(-c3ccccc3)c3ccccc3c21. The van der Waals surface area contributed by atoms with Gasteiger partial charge < -0.3 is 4.90 Å². The van der Waals surface area contributed by atoms with E-state index in [4.69, 9.17) is 0 Å². The number of hydrogen-bond acceptors (Lipinski definition) is 2. The Hall–Kier alpha value is -7.52. The fraction of sp³-hybridized carbons (Fsp3) is 0.0492. The molecule has 1 heterocycles. The van der Waals surface area contributed by atoms with Crippen molar-refractivity contribution in [2.24, 2.45) is 0 Å². The summed E-state index contributed by atoms with van der Waals surface area (Å²) >= 11 is 1.88. The van der Waals surface area contributed by atoms with Crippen LogP contribution < -0.4 is 4.90 Å². The molecule has 0 radical (unpaired) electrons. The van der Waals surface area contributed by atoms with E-state index < -0.39 is 0 Å². The molecule has 2 heteroatoms. The Labute approximate surface area is 372 Å². The summed E-state index contributed by atoms with van der Waals surface area (Å²) in [6, 6.07) is 82.6. The third kappa shape index (κ3) is 6.05. The van der Waals surface area contributed by atoms with E-state index in [0.717, 1.165) is 17.1 Å². The summed E-state index contributed by atoms with van der Waals surface area (Å²) < 4.78 is 2.65. The highest BCUT2D eigenvalue weighted by Crippen LogP contribution is 2.58. The number of anilines is 3. The zero-order valence-electron chi connectivity index (χ0n) is 35.2. The second kappa shape index (κ2) is 14.8. The maximum atomic E-state index is 2.40. The van der Waals surface area contributed by atoms with Crippen LogP contribution >= 0.6 is 11.3 Å². The molecule has 1 nitrogen and oxygen atoms in total. The van der Waals surface area contributed by atoms with Crippen molar-refractivity contribution in [3.8, 4) is 55.6 Å². The van der Waals surface area contributed by atoms with Crippen LogP contribution in [0, 0.1) is 0 Å². The molecular formula is C61H43NS.